The van der Waals surface area contributed by atoms with Gasteiger partial charge in [-0.2, -0.15) is 5.11 Å². The predicted molar refractivity (Wildman–Crippen MR) is 125 cm³/mol. The van der Waals surface area contributed by atoms with Gasteiger partial charge in [0.2, 0.25) is 0 Å². The highest BCUT2D eigenvalue weighted by molar-refractivity contribution is 5.93. The lowest BCUT2D eigenvalue weighted by molar-refractivity contribution is -0.403. The quantitative estimate of drug-likeness (QED) is 0.265. The topological polar surface area (TPSA) is 195 Å². The lowest BCUT2D eigenvalue weighted by Crippen LogP contribution is -2.07. The van der Waals surface area contributed by atoms with Gasteiger partial charge < -0.3 is 10.0 Å². The fourth-order valence-electron chi connectivity index (χ4n) is 2.57. The highest BCUT2D eigenvalue weighted by atomic mass is 16.6. The molecule has 14 heteroatoms. The lowest BCUT2D eigenvalue weighted by atomic mass is 10.2. The first-order chi connectivity index (χ1) is 16.5. The van der Waals surface area contributed by atoms with Crippen molar-refractivity contribution in [3.63, 3.8) is 0 Å². The number of nitro groups is 3. The number of aromatic carboxylic acids is 1. The molecule has 0 radical (unpaired) electrons. The van der Waals surface area contributed by atoms with E-state index in [-0.39, 0.29) is 5.56 Å². The molecule has 0 fully saturated rings. The molecular formula is C21H18N6O8. The molecule has 0 atom stereocenters. The number of non-ortho nitro benzene ring substituents is 3. The third-order valence-corrected chi connectivity index (χ3v) is 4.29. The van der Waals surface area contributed by atoms with Crippen LogP contribution in [0.3, 0.4) is 0 Å². The third kappa shape index (κ3) is 7.38. The highest BCUT2D eigenvalue weighted by Crippen LogP contribution is 2.27. The van der Waals surface area contributed by atoms with Gasteiger partial charge in [-0.15, -0.1) is 5.11 Å². The molecule has 0 aliphatic carbocycles. The van der Waals surface area contributed by atoms with Crippen molar-refractivity contribution >= 4 is 40.1 Å². The van der Waals surface area contributed by atoms with Gasteiger partial charge in [0, 0.05) is 19.8 Å². The smallest absolute Gasteiger partial charge is 0.337 e. The molecule has 1 N–H and O–H groups in total. The Morgan fingerprint density at radius 2 is 1.23 bits per heavy atom. The molecule has 14 nitrogen and oxygen atoms in total. The Kier molecular flexibility index (Phi) is 8.58. The van der Waals surface area contributed by atoms with Gasteiger partial charge in [-0.05, 0) is 36.4 Å². The Morgan fingerprint density at radius 1 is 0.771 bits per heavy atom. The van der Waals surface area contributed by atoms with Crippen LogP contribution in [0.1, 0.15) is 10.4 Å². The maximum Gasteiger partial charge on any atom is 0.337 e. The van der Waals surface area contributed by atoms with Crippen molar-refractivity contribution in [3.05, 3.63) is 103 Å². The van der Waals surface area contributed by atoms with Crippen LogP contribution in [0.2, 0.25) is 0 Å². The van der Waals surface area contributed by atoms with E-state index in [2.05, 4.69) is 10.2 Å². The van der Waals surface area contributed by atoms with Crippen LogP contribution in [0.4, 0.5) is 34.1 Å². The largest absolute Gasteiger partial charge is 0.478 e. The van der Waals surface area contributed by atoms with Crippen molar-refractivity contribution in [2.24, 2.45) is 10.2 Å². The second-order valence-corrected chi connectivity index (χ2v) is 6.91. The standard InChI is InChI=1S/C15H15N3O2.C6H3N3O6/c1-18(2)12-9-7-11(8-10-12)16-17-14-6-4-3-5-13(14)15(19)20;10-7(11)4-1-5(8(12)13)3-6(2-4)9(14)15/h3-10H,1-2H3,(H,19,20);1-3H. The van der Waals surface area contributed by atoms with Gasteiger partial charge in [-0.3, -0.25) is 30.3 Å². The Balaban J connectivity index is 0.000000258. The Bertz CT molecular complexity index is 1210. The van der Waals surface area contributed by atoms with E-state index in [0.717, 1.165) is 5.69 Å². The summed E-state index contributed by atoms with van der Waals surface area (Å²) in [6.45, 7) is 0. The average Bonchev–Trinajstić information content (AvgIpc) is 2.83. The number of carboxylic acids is 1. The molecule has 0 unspecified atom stereocenters. The second-order valence-electron chi connectivity index (χ2n) is 6.91. The van der Waals surface area contributed by atoms with Gasteiger partial charge in [-0.1, -0.05) is 12.1 Å². The normalized spacial score (nSPS) is 10.2. The lowest BCUT2D eigenvalue weighted by Gasteiger charge is -2.11. The Labute approximate surface area is 197 Å². The fourth-order valence-corrected chi connectivity index (χ4v) is 2.57. The maximum atomic E-state index is 11.0. The van der Waals surface area contributed by atoms with Crippen molar-refractivity contribution in [2.45, 2.75) is 0 Å². The number of carboxylic acid groups (broad SMARTS) is 1. The summed E-state index contributed by atoms with van der Waals surface area (Å²) >= 11 is 0. The monoisotopic (exact) mass is 482 g/mol. The minimum atomic E-state index is -1.01. The molecule has 0 aromatic heterocycles. The summed E-state index contributed by atoms with van der Waals surface area (Å²) in [5.41, 5.74) is 0.172. The van der Waals surface area contributed by atoms with Gasteiger partial charge in [0.15, 0.2) is 0 Å². The van der Waals surface area contributed by atoms with Gasteiger partial charge in [0.05, 0.1) is 44.2 Å². The van der Waals surface area contributed by atoms with Crippen LogP contribution >= 0.6 is 0 Å². The molecular weight excluding hydrogens is 464 g/mol. The van der Waals surface area contributed by atoms with Gasteiger partial charge >= 0.3 is 5.97 Å². The summed E-state index contributed by atoms with van der Waals surface area (Å²) in [5, 5.41) is 48.1. The number of nitro benzene ring substituents is 3. The van der Waals surface area contributed by atoms with Crippen LogP contribution in [0.15, 0.2) is 77.0 Å². The van der Waals surface area contributed by atoms with Crippen LogP contribution < -0.4 is 4.90 Å². The molecule has 3 rings (SSSR count). The van der Waals surface area contributed by atoms with Crippen LogP contribution in [0, 0.1) is 30.3 Å². The maximum absolute atomic E-state index is 11.0. The molecule has 0 amide bonds. The molecule has 180 valence electrons. The van der Waals surface area contributed by atoms with E-state index in [1.54, 1.807) is 18.2 Å². The summed E-state index contributed by atoms with van der Waals surface area (Å²) < 4.78 is 0. The summed E-state index contributed by atoms with van der Waals surface area (Å²) in [4.78, 5) is 41.2. The number of anilines is 1. The van der Waals surface area contributed by atoms with E-state index in [9.17, 15) is 35.1 Å². The Morgan fingerprint density at radius 3 is 1.63 bits per heavy atom. The summed E-state index contributed by atoms with van der Waals surface area (Å²) in [6.07, 6.45) is 0. The van der Waals surface area contributed by atoms with E-state index < -0.39 is 37.8 Å². The average molecular weight is 482 g/mol. The molecule has 0 saturated heterocycles. The van der Waals surface area contributed by atoms with Crippen molar-refractivity contribution in [3.8, 4) is 0 Å². The van der Waals surface area contributed by atoms with E-state index in [0.29, 0.717) is 29.6 Å². The van der Waals surface area contributed by atoms with E-state index in [1.807, 2.05) is 43.3 Å². The first kappa shape index (κ1) is 26.0. The highest BCUT2D eigenvalue weighted by Gasteiger charge is 2.21. The predicted octanol–water partition coefficient (Wildman–Crippen LogP) is 5.28. The molecule has 0 aliphatic heterocycles. The molecule has 0 heterocycles. The van der Waals surface area contributed by atoms with Crippen LogP contribution in [-0.2, 0) is 0 Å². The number of carbonyl (C=O) groups is 1. The van der Waals surface area contributed by atoms with E-state index in [1.165, 1.54) is 6.07 Å². The summed E-state index contributed by atoms with van der Waals surface area (Å²) in [7, 11) is 3.92. The summed E-state index contributed by atoms with van der Waals surface area (Å²) in [5.74, 6) is -1.01. The van der Waals surface area contributed by atoms with Crippen LogP contribution in [-0.4, -0.2) is 39.9 Å². The van der Waals surface area contributed by atoms with Crippen molar-refractivity contribution in [1.29, 1.82) is 0 Å². The van der Waals surface area contributed by atoms with Gasteiger partial charge in [0.25, 0.3) is 17.1 Å². The fraction of sp³-hybridized carbons (Fsp3) is 0.0952. The zero-order valence-corrected chi connectivity index (χ0v) is 18.3. The van der Waals surface area contributed by atoms with Crippen LogP contribution in [0.5, 0.6) is 0 Å². The third-order valence-electron chi connectivity index (χ3n) is 4.29. The van der Waals surface area contributed by atoms with E-state index in [4.69, 9.17) is 5.11 Å². The molecule has 3 aromatic carbocycles. The number of hydrogen-bond acceptors (Lipinski definition) is 10. The minimum absolute atomic E-state index is 0.140. The molecule has 35 heavy (non-hydrogen) atoms. The number of hydrogen-bond donors (Lipinski definition) is 1. The minimum Gasteiger partial charge on any atom is -0.478 e. The second kappa shape index (κ2) is 11.6. The molecule has 3 aromatic rings. The SMILES string of the molecule is CN(C)c1ccc(N=Nc2ccccc2C(=O)O)cc1.O=[N+]([O-])c1cc([N+](=O)[O-])cc([N+](=O)[O-])c1. The number of benzene rings is 3. The molecule has 0 bridgehead atoms. The first-order valence-electron chi connectivity index (χ1n) is 9.59. The van der Waals surface area contributed by atoms with Crippen molar-refractivity contribution in [1.82, 2.24) is 0 Å². The number of azo groups is 1. The zero-order valence-electron chi connectivity index (χ0n) is 18.3. The molecule has 0 saturated carbocycles. The zero-order chi connectivity index (χ0) is 26.1. The number of rotatable bonds is 7. The van der Waals surface area contributed by atoms with Gasteiger partial charge in [0.1, 0.15) is 5.69 Å². The first-order valence-corrected chi connectivity index (χ1v) is 9.59. The van der Waals surface area contributed by atoms with E-state index >= 15 is 0 Å². The summed E-state index contributed by atoms with van der Waals surface area (Å²) in [6, 6.07) is 16.0. The number of nitrogens with zero attached hydrogens (tertiary/aromatic N) is 6. The van der Waals surface area contributed by atoms with Crippen molar-refractivity contribution < 1.29 is 24.7 Å². The van der Waals surface area contributed by atoms with Crippen LogP contribution in [0.25, 0.3) is 0 Å². The van der Waals surface area contributed by atoms with Gasteiger partial charge in [-0.25, -0.2) is 4.79 Å². The Hall–Kier alpha value is -5.27. The van der Waals surface area contributed by atoms with Crippen molar-refractivity contribution in [2.75, 3.05) is 19.0 Å². The molecule has 0 spiro atoms. The molecule has 0 aliphatic rings.